The standard InChI is InChI=1S/C37H36ClF7N4O9/c1-19(2)28(30(52)37(44,45)33(55)46-18-35(39,40)41)48-32(54)29(21-9-13-24(57-3)14-10-21)49-31(53)26(15-20-7-11-25(12-8-20)58-17-27(50)51)47-34(56)36(42,43)22-5-4-6-23(38)16-22/h4-14,16,19,26,28-29H,15,17-18H2,1-3H3,(H,46,55)(H,47,56)(H,48,54)(H,49,53)(H,50,51)/t26?,28-,29?/m0/s1. The van der Waals surface area contributed by atoms with Gasteiger partial charge < -0.3 is 35.8 Å². The van der Waals surface area contributed by atoms with Crippen molar-refractivity contribution in [1.29, 1.82) is 0 Å². The van der Waals surface area contributed by atoms with Crippen molar-refractivity contribution in [3.63, 3.8) is 0 Å². The number of hydrogen-bond acceptors (Lipinski definition) is 8. The molecule has 5 N–H and O–H groups in total. The number of nitrogens with one attached hydrogen (secondary N) is 4. The highest BCUT2D eigenvalue weighted by atomic mass is 35.5. The first-order valence-corrected chi connectivity index (χ1v) is 17.2. The van der Waals surface area contributed by atoms with Crippen LogP contribution in [0.3, 0.4) is 0 Å². The van der Waals surface area contributed by atoms with E-state index in [-0.39, 0.29) is 27.6 Å². The van der Waals surface area contributed by atoms with E-state index in [0.717, 1.165) is 37.4 Å². The molecular weight excluding hydrogens is 813 g/mol. The predicted octanol–water partition coefficient (Wildman–Crippen LogP) is 4.51. The van der Waals surface area contributed by atoms with Crippen LogP contribution in [0.5, 0.6) is 11.5 Å². The van der Waals surface area contributed by atoms with Gasteiger partial charge in [0.2, 0.25) is 17.6 Å². The Morgan fingerprint density at radius 1 is 0.776 bits per heavy atom. The third kappa shape index (κ3) is 12.8. The number of ketones is 1. The van der Waals surface area contributed by atoms with E-state index >= 15 is 8.78 Å². The van der Waals surface area contributed by atoms with Gasteiger partial charge in [-0.2, -0.15) is 30.7 Å². The molecule has 0 aliphatic heterocycles. The molecule has 0 bridgehead atoms. The van der Waals surface area contributed by atoms with E-state index in [4.69, 9.17) is 26.2 Å². The van der Waals surface area contributed by atoms with Crippen molar-refractivity contribution in [3.8, 4) is 11.5 Å². The maximum absolute atomic E-state index is 15.5. The molecule has 0 spiro atoms. The van der Waals surface area contributed by atoms with Gasteiger partial charge in [0.25, 0.3) is 11.8 Å². The lowest BCUT2D eigenvalue weighted by molar-refractivity contribution is -0.165. The molecule has 0 aromatic heterocycles. The maximum atomic E-state index is 15.5. The second-order valence-corrected chi connectivity index (χ2v) is 13.3. The molecule has 3 aromatic rings. The molecule has 0 aliphatic carbocycles. The molecule has 0 saturated carbocycles. The highest BCUT2D eigenvalue weighted by Gasteiger charge is 2.52. The zero-order chi connectivity index (χ0) is 43.6. The van der Waals surface area contributed by atoms with Crippen LogP contribution in [0.15, 0.2) is 72.8 Å². The van der Waals surface area contributed by atoms with E-state index in [9.17, 15) is 50.7 Å². The number of amides is 4. The van der Waals surface area contributed by atoms with E-state index in [1.807, 2.05) is 10.6 Å². The fourth-order valence-electron chi connectivity index (χ4n) is 5.09. The Bertz CT molecular complexity index is 1960. The highest BCUT2D eigenvalue weighted by molar-refractivity contribution is 6.30. The lowest BCUT2D eigenvalue weighted by Gasteiger charge is -2.29. The number of rotatable bonds is 19. The number of benzene rings is 3. The van der Waals surface area contributed by atoms with Gasteiger partial charge in [0.1, 0.15) is 30.1 Å². The van der Waals surface area contributed by atoms with E-state index in [2.05, 4.69) is 5.32 Å². The monoisotopic (exact) mass is 848 g/mol. The summed E-state index contributed by atoms with van der Waals surface area (Å²) in [6, 6.07) is 8.28. The summed E-state index contributed by atoms with van der Waals surface area (Å²) in [6.45, 7) is -0.571. The smallest absolute Gasteiger partial charge is 0.405 e. The fraction of sp³-hybridized carbons (Fsp3) is 0.351. The van der Waals surface area contributed by atoms with Crippen LogP contribution in [0.2, 0.25) is 5.02 Å². The minimum absolute atomic E-state index is 0.0672. The van der Waals surface area contributed by atoms with Crippen LogP contribution in [0.25, 0.3) is 0 Å². The van der Waals surface area contributed by atoms with E-state index in [1.165, 1.54) is 61.7 Å². The molecule has 0 saturated heterocycles. The number of carboxylic acid groups (broad SMARTS) is 1. The van der Waals surface area contributed by atoms with Gasteiger partial charge >= 0.3 is 24.0 Å². The molecule has 0 heterocycles. The predicted molar refractivity (Wildman–Crippen MR) is 190 cm³/mol. The number of carbonyl (C=O) groups excluding carboxylic acids is 5. The largest absolute Gasteiger partial charge is 0.497 e. The summed E-state index contributed by atoms with van der Waals surface area (Å²) in [6.07, 6.45) is -5.65. The minimum atomic E-state index is -5.10. The molecule has 21 heteroatoms. The first-order chi connectivity index (χ1) is 27.0. The third-order valence-corrected chi connectivity index (χ3v) is 8.34. The maximum Gasteiger partial charge on any atom is 0.405 e. The van der Waals surface area contributed by atoms with Crippen LogP contribution in [0.4, 0.5) is 30.7 Å². The Kier molecular flexibility index (Phi) is 15.6. The van der Waals surface area contributed by atoms with Crippen LogP contribution in [0, 0.1) is 5.92 Å². The molecule has 4 amide bonds. The number of halogens is 8. The van der Waals surface area contributed by atoms with Crippen LogP contribution in [0.1, 0.15) is 36.6 Å². The number of methoxy groups -OCH3 is 1. The SMILES string of the molecule is COc1ccc(C(NC(=O)C(Cc2ccc(OCC(=O)O)cc2)NC(=O)C(F)(F)c2cccc(Cl)c2)C(=O)N[C@H](C(=O)C(F)(F)C(=O)NCC(F)(F)F)C(C)C)cc1. The summed E-state index contributed by atoms with van der Waals surface area (Å²) < 4.78 is 109. The summed E-state index contributed by atoms with van der Waals surface area (Å²) in [5.41, 5.74) is -0.762. The Balaban J connectivity index is 2.01. The van der Waals surface area contributed by atoms with Crippen molar-refractivity contribution in [2.45, 2.75) is 56.4 Å². The molecule has 314 valence electrons. The Labute approximate surface area is 330 Å². The van der Waals surface area contributed by atoms with Gasteiger partial charge in [-0.3, -0.25) is 24.0 Å². The first kappa shape index (κ1) is 46.5. The average molecular weight is 849 g/mol. The van der Waals surface area contributed by atoms with Gasteiger partial charge in [0.15, 0.2) is 6.61 Å². The van der Waals surface area contributed by atoms with Gasteiger partial charge in [0, 0.05) is 17.0 Å². The number of Topliss-reactive ketones (excluding diaryl/α,β-unsaturated/α-hetero) is 1. The second-order valence-electron chi connectivity index (χ2n) is 12.8. The Morgan fingerprint density at radius 3 is 1.91 bits per heavy atom. The van der Waals surface area contributed by atoms with Crippen molar-refractivity contribution >= 4 is 47.0 Å². The van der Waals surface area contributed by atoms with Crippen LogP contribution >= 0.6 is 11.6 Å². The van der Waals surface area contributed by atoms with E-state index in [1.54, 1.807) is 0 Å². The zero-order valence-corrected chi connectivity index (χ0v) is 31.4. The quantitative estimate of drug-likeness (QED) is 0.0854. The number of carboxylic acids is 1. The Morgan fingerprint density at radius 2 is 1.38 bits per heavy atom. The highest BCUT2D eigenvalue weighted by Crippen LogP contribution is 2.31. The van der Waals surface area contributed by atoms with Gasteiger partial charge in [-0.1, -0.05) is 61.8 Å². The topological polar surface area (TPSA) is 189 Å². The van der Waals surface area contributed by atoms with Crippen LogP contribution in [-0.2, 0) is 41.1 Å². The molecule has 0 aliphatic rings. The van der Waals surface area contributed by atoms with Gasteiger partial charge in [-0.05, 0) is 53.4 Å². The molecule has 3 atom stereocenters. The minimum Gasteiger partial charge on any atom is -0.497 e. The number of ether oxygens (including phenoxy) is 2. The summed E-state index contributed by atoms with van der Waals surface area (Å²) in [7, 11) is 1.29. The van der Waals surface area contributed by atoms with Crippen LogP contribution in [-0.4, -0.2) is 84.9 Å². The number of carbonyl (C=O) groups is 6. The summed E-state index contributed by atoms with van der Waals surface area (Å²) in [5, 5.41) is 15.8. The van der Waals surface area contributed by atoms with Crippen LogP contribution < -0.4 is 30.7 Å². The van der Waals surface area contributed by atoms with Crippen molar-refractivity contribution in [2.24, 2.45) is 5.92 Å². The lowest BCUT2D eigenvalue weighted by Crippen LogP contribution is -2.59. The first-order valence-electron chi connectivity index (χ1n) is 16.9. The summed E-state index contributed by atoms with van der Waals surface area (Å²) in [4.78, 5) is 76.8. The van der Waals surface area contributed by atoms with Crippen molar-refractivity contribution in [1.82, 2.24) is 21.3 Å². The Hall–Kier alpha value is -5.92. The van der Waals surface area contributed by atoms with Crippen molar-refractivity contribution < 1.29 is 74.1 Å². The average Bonchev–Trinajstić information content (AvgIpc) is 3.16. The number of alkyl halides is 7. The second kappa shape index (κ2) is 19.5. The molecule has 3 aromatic carbocycles. The van der Waals surface area contributed by atoms with Crippen molar-refractivity contribution in [2.75, 3.05) is 20.3 Å². The molecule has 2 unspecified atom stereocenters. The zero-order valence-electron chi connectivity index (χ0n) is 30.6. The summed E-state index contributed by atoms with van der Waals surface area (Å²) in [5.74, 6) is -21.1. The normalized spacial score (nSPS) is 13.4. The summed E-state index contributed by atoms with van der Waals surface area (Å²) >= 11 is 5.84. The van der Waals surface area contributed by atoms with Crippen molar-refractivity contribution in [3.05, 3.63) is 94.5 Å². The molecule has 3 rings (SSSR count). The van der Waals surface area contributed by atoms with Gasteiger partial charge in [-0.15, -0.1) is 0 Å². The van der Waals surface area contributed by atoms with E-state index in [0.29, 0.717) is 0 Å². The lowest BCUT2D eigenvalue weighted by atomic mass is 9.94. The third-order valence-electron chi connectivity index (χ3n) is 8.11. The molecule has 58 heavy (non-hydrogen) atoms. The number of aliphatic carboxylic acids is 1. The van der Waals surface area contributed by atoms with Gasteiger partial charge in [0.05, 0.1) is 13.2 Å². The number of hydrogen-bond donors (Lipinski definition) is 5. The molecular formula is C37H36ClF7N4O9. The molecule has 0 radical (unpaired) electrons. The molecule has 13 nitrogen and oxygen atoms in total. The van der Waals surface area contributed by atoms with E-state index < -0.39 is 103 Å². The van der Waals surface area contributed by atoms with Gasteiger partial charge in [-0.25, -0.2) is 4.79 Å². The fourth-order valence-corrected chi connectivity index (χ4v) is 5.28. The molecule has 0 fully saturated rings.